The van der Waals surface area contributed by atoms with Crippen LogP contribution in [0.2, 0.25) is 0 Å². The molecule has 4 saturated carbocycles. The Kier molecular flexibility index (Phi) is 11.4. The summed E-state index contributed by atoms with van der Waals surface area (Å²) in [6.07, 6.45) is 0.0603. The van der Waals surface area contributed by atoms with Crippen LogP contribution in [-0.2, 0) is 9.59 Å². The van der Waals surface area contributed by atoms with E-state index in [0.717, 1.165) is 38.5 Å². The van der Waals surface area contributed by atoms with Crippen LogP contribution in [0.1, 0.15) is 85.0 Å². The van der Waals surface area contributed by atoms with Crippen molar-refractivity contribution in [3.05, 3.63) is 0 Å². The summed E-state index contributed by atoms with van der Waals surface area (Å²) < 4.78 is 0. The number of carbonyl (C=O) groups excluding carboxylic acids is 2. The fraction of sp³-hybridized carbons (Fsp3) is 0.938. The number of carbonyl (C=O) groups is 2. The minimum absolute atomic E-state index is 0.107. The molecule has 0 aromatic rings. The molecular weight excluding hydrogens is 556 g/mol. The average Bonchev–Trinajstić information content (AvgIpc) is 3.33. The first-order valence-electron chi connectivity index (χ1n) is 16.5. The normalized spacial score (nSPS) is 40.1. The molecule has 248 valence electrons. The van der Waals surface area contributed by atoms with Gasteiger partial charge in [-0.25, -0.2) is 0 Å². The van der Waals surface area contributed by atoms with Crippen molar-refractivity contribution in [2.24, 2.45) is 46.3 Å². The zero-order valence-corrected chi connectivity index (χ0v) is 26.1. The third-order valence-electron chi connectivity index (χ3n) is 12.5. The maximum atomic E-state index is 12.9. The summed E-state index contributed by atoms with van der Waals surface area (Å²) in [5, 5.41) is 74.1. The molecule has 0 radical (unpaired) electrons. The standard InChI is InChI=1S/C32H56N2O9/c1-17(13-20(36)16-33-11-4-12-34-29(41)27(39)26(38)28(40)30(42)43)22-7-8-23-21-6-5-18-14-19(35)9-10-31(18,2)24(21)15-25(37)32(22,23)3/h17-19,21-28,30,33,35,37-40,42-43H,4-16H2,1-3H3,(H,34,41)/t17-,18-,19+,21-,22+,23-,24-,25-,26-,27+,28-,31-,32+/m0/s1. The Morgan fingerprint density at radius 1 is 0.884 bits per heavy atom. The summed E-state index contributed by atoms with van der Waals surface area (Å²) in [7, 11) is 0. The SMILES string of the molecule is C[C@@H](CC(=O)CNCCCNC(=O)[C@H](O)[C@H](O)[C@H](O)C(O)O)[C@H]1CC[C@H]2[C@@H]3CC[C@H]4C[C@H](O)CC[C@]4(C)[C@H]3C[C@H](O)[C@]12C. The van der Waals surface area contributed by atoms with Gasteiger partial charge in [-0.05, 0) is 111 Å². The molecule has 9 N–H and O–H groups in total. The zero-order valence-electron chi connectivity index (χ0n) is 26.1. The molecule has 4 aliphatic rings. The van der Waals surface area contributed by atoms with Gasteiger partial charge >= 0.3 is 0 Å². The predicted molar refractivity (Wildman–Crippen MR) is 158 cm³/mol. The van der Waals surface area contributed by atoms with Crippen LogP contribution in [0.5, 0.6) is 0 Å². The van der Waals surface area contributed by atoms with Crippen LogP contribution in [0, 0.1) is 46.3 Å². The van der Waals surface area contributed by atoms with Crippen LogP contribution >= 0.6 is 0 Å². The molecule has 0 bridgehead atoms. The second-order valence-electron chi connectivity index (χ2n) is 14.8. The lowest BCUT2D eigenvalue weighted by Crippen LogP contribution is -2.58. The number of Topliss-reactive ketones (excluding diaryl/α,β-unsaturated/α-hetero) is 1. The largest absolute Gasteiger partial charge is 0.393 e. The van der Waals surface area contributed by atoms with E-state index in [-0.39, 0.29) is 47.8 Å². The quantitative estimate of drug-likeness (QED) is 0.101. The summed E-state index contributed by atoms with van der Waals surface area (Å²) >= 11 is 0. The highest BCUT2D eigenvalue weighted by Gasteiger charge is 2.63. The van der Waals surface area contributed by atoms with Gasteiger partial charge in [0.2, 0.25) is 0 Å². The summed E-state index contributed by atoms with van der Waals surface area (Å²) in [6, 6.07) is 0. The Labute approximate surface area is 255 Å². The minimum atomic E-state index is -2.29. The monoisotopic (exact) mass is 612 g/mol. The molecule has 0 heterocycles. The van der Waals surface area contributed by atoms with Crippen molar-refractivity contribution in [1.29, 1.82) is 0 Å². The third kappa shape index (κ3) is 6.99. The lowest BCUT2D eigenvalue weighted by Gasteiger charge is -2.62. The van der Waals surface area contributed by atoms with Gasteiger partial charge in [0, 0.05) is 13.0 Å². The van der Waals surface area contributed by atoms with Gasteiger partial charge in [0.1, 0.15) is 18.0 Å². The Bertz CT molecular complexity index is 967. The molecule has 1 amide bonds. The number of rotatable bonds is 13. The van der Waals surface area contributed by atoms with E-state index >= 15 is 0 Å². The number of aliphatic hydroxyl groups excluding tert-OH is 6. The van der Waals surface area contributed by atoms with Crippen molar-refractivity contribution < 1.29 is 45.3 Å². The Hall–Kier alpha value is -1.18. The van der Waals surface area contributed by atoms with Gasteiger partial charge in [-0.1, -0.05) is 20.8 Å². The predicted octanol–water partition coefficient (Wildman–Crippen LogP) is 0.0616. The highest BCUT2D eigenvalue weighted by Crippen LogP contribution is 2.68. The average molecular weight is 613 g/mol. The van der Waals surface area contributed by atoms with E-state index in [1.54, 1.807) is 0 Å². The lowest BCUT2D eigenvalue weighted by atomic mass is 9.43. The van der Waals surface area contributed by atoms with E-state index in [0.29, 0.717) is 49.0 Å². The first-order valence-corrected chi connectivity index (χ1v) is 16.5. The number of hydrogen-bond donors (Lipinski definition) is 9. The number of ketones is 1. The highest BCUT2D eigenvalue weighted by molar-refractivity contribution is 5.81. The van der Waals surface area contributed by atoms with Crippen LogP contribution < -0.4 is 10.6 Å². The Morgan fingerprint density at radius 2 is 1.60 bits per heavy atom. The number of nitrogens with one attached hydrogen (secondary N) is 2. The molecule has 0 aliphatic heterocycles. The zero-order chi connectivity index (χ0) is 31.7. The maximum absolute atomic E-state index is 12.9. The van der Waals surface area contributed by atoms with Crippen molar-refractivity contribution >= 4 is 11.7 Å². The van der Waals surface area contributed by atoms with E-state index in [1.165, 1.54) is 12.8 Å². The fourth-order valence-corrected chi connectivity index (χ4v) is 10.0. The number of amides is 1. The van der Waals surface area contributed by atoms with Gasteiger partial charge in [0.05, 0.1) is 18.8 Å². The molecule has 11 nitrogen and oxygen atoms in total. The van der Waals surface area contributed by atoms with Crippen molar-refractivity contribution in [2.75, 3.05) is 19.6 Å². The maximum Gasteiger partial charge on any atom is 0.251 e. The van der Waals surface area contributed by atoms with Crippen molar-refractivity contribution in [3.63, 3.8) is 0 Å². The number of fused-ring (bicyclic) bond motifs is 5. The van der Waals surface area contributed by atoms with Crippen molar-refractivity contribution in [3.8, 4) is 0 Å². The molecular formula is C32H56N2O9. The fourth-order valence-electron chi connectivity index (χ4n) is 10.0. The van der Waals surface area contributed by atoms with Crippen LogP contribution in [0.25, 0.3) is 0 Å². The summed E-state index contributed by atoms with van der Waals surface area (Å²) in [5.41, 5.74) is 0.0129. The highest BCUT2D eigenvalue weighted by atomic mass is 16.5. The first-order chi connectivity index (χ1) is 20.2. The Morgan fingerprint density at radius 3 is 2.30 bits per heavy atom. The van der Waals surface area contributed by atoms with Gasteiger partial charge in [-0.2, -0.15) is 0 Å². The molecule has 13 atom stereocenters. The van der Waals surface area contributed by atoms with Crippen LogP contribution in [0.4, 0.5) is 0 Å². The van der Waals surface area contributed by atoms with Crippen LogP contribution in [0.3, 0.4) is 0 Å². The van der Waals surface area contributed by atoms with Gasteiger partial charge < -0.3 is 46.4 Å². The van der Waals surface area contributed by atoms with Crippen molar-refractivity contribution in [1.82, 2.24) is 10.6 Å². The van der Waals surface area contributed by atoms with E-state index in [4.69, 9.17) is 10.2 Å². The van der Waals surface area contributed by atoms with E-state index < -0.39 is 30.5 Å². The molecule has 4 fully saturated rings. The van der Waals surface area contributed by atoms with Gasteiger partial charge in [-0.3, -0.25) is 9.59 Å². The molecule has 0 aromatic carbocycles. The Balaban J connectivity index is 1.21. The number of aliphatic hydroxyl groups is 7. The smallest absolute Gasteiger partial charge is 0.251 e. The number of hydrogen-bond acceptors (Lipinski definition) is 10. The summed E-state index contributed by atoms with van der Waals surface area (Å²) in [5.74, 6) is 1.74. The van der Waals surface area contributed by atoms with Crippen LogP contribution in [0.15, 0.2) is 0 Å². The van der Waals surface area contributed by atoms with Crippen molar-refractivity contribution in [2.45, 2.75) is 122 Å². The van der Waals surface area contributed by atoms with Crippen LogP contribution in [-0.4, -0.2) is 104 Å². The minimum Gasteiger partial charge on any atom is -0.393 e. The van der Waals surface area contributed by atoms with E-state index in [1.807, 2.05) is 0 Å². The molecule has 4 rings (SSSR count). The topological polar surface area (TPSA) is 200 Å². The molecule has 0 saturated heterocycles. The first kappa shape index (κ1) is 34.7. The second kappa shape index (κ2) is 14.1. The van der Waals surface area contributed by atoms with Gasteiger partial charge in [0.15, 0.2) is 12.4 Å². The molecule has 0 unspecified atom stereocenters. The summed E-state index contributed by atoms with van der Waals surface area (Å²) in [6.45, 7) is 7.66. The summed E-state index contributed by atoms with van der Waals surface area (Å²) in [4.78, 5) is 24.8. The molecule has 0 aromatic heterocycles. The van der Waals surface area contributed by atoms with E-state index in [2.05, 4.69) is 31.4 Å². The van der Waals surface area contributed by atoms with Gasteiger partial charge in [0.25, 0.3) is 5.91 Å². The second-order valence-corrected chi connectivity index (χ2v) is 14.8. The molecule has 4 aliphatic carbocycles. The van der Waals surface area contributed by atoms with Gasteiger partial charge in [-0.15, -0.1) is 0 Å². The molecule has 0 spiro atoms. The third-order valence-corrected chi connectivity index (χ3v) is 12.5. The molecule has 43 heavy (non-hydrogen) atoms. The lowest BCUT2D eigenvalue weighted by molar-refractivity contribution is -0.180. The van der Waals surface area contributed by atoms with E-state index in [9.17, 15) is 35.1 Å². The molecule has 11 heteroatoms.